The van der Waals surface area contributed by atoms with E-state index in [1.807, 2.05) is 0 Å². The second-order valence-corrected chi connectivity index (χ2v) is 9.95. The number of aromatic hydroxyl groups is 1. The molecule has 5 rings (SSSR count). The van der Waals surface area contributed by atoms with Crippen molar-refractivity contribution in [3.05, 3.63) is 52.7 Å². The predicted octanol–water partition coefficient (Wildman–Crippen LogP) is -2.48. The Bertz CT molecular complexity index is 1440. The SMILES string of the molecule is O=c1cc(-c2ccc(O[C@@H]3O[C@H](CO)[C@@H](O)[C@H](O)[C@H]3O)cc2)oc2cc(O[C@@H]3O[C@@H](CO)[C@@H](O)[C@H](O)[C@H]3O)cc(O)c12. The van der Waals surface area contributed by atoms with Crippen LogP contribution in [-0.4, -0.2) is 121 Å². The summed E-state index contributed by atoms with van der Waals surface area (Å²) in [6.45, 7) is -1.28. The summed E-state index contributed by atoms with van der Waals surface area (Å²) in [6, 6.07) is 9.40. The molecule has 2 saturated heterocycles. The molecule has 1 aromatic heterocycles. The molecule has 9 N–H and O–H groups in total. The first-order chi connectivity index (χ1) is 20.0. The highest BCUT2D eigenvalue weighted by Crippen LogP contribution is 2.34. The average molecular weight is 595 g/mol. The van der Waals surface area contributed by atoms with Gasteiger partial charge in [0.05, 0.1) is 13.2 Å². The molecule has 10 atom stereocenters. The van der Waals surface area contributed by atoms with Gasteiger partial charge in [0.1, 0.15) is 82.8 Å². The lowest BCUT2D eigenvalue weighted by Gasteiger charge is -2.39. The fourth-order valence-electron chi connectivity index (χ4n) is 4.75. The maximum absolute atomic E-state index is 12.8. The maximum Gasteiger partial charge on any atom is 0.229 e. The predicted molar refractivity (Wildman–Crippen MR) is 138 cm³/mol. The van der Waals surface area contributed by atoms with Crippen molar-refractivity contribution in [3.63, 3.8) is 0 Å². The Morgan fingerprint density at radius 1 is 0.667 bits per heavy atom. The summed E-state index contributed by atoms with van der Waals surface area (Å²) in [5.74, 6) is -0.362. The summed E-state index contributed by atoms with van der Waals surface area (Å²) in [7, 11) is 0. The molecule has 2 aliphatic rings. The van der Waals surface area contributed by atoms with E-state index in [2.05, 4.69) is 0 Å². The topological polar surface area (TPSA) is 249 Å². The molecule has 0 aliphatic carbocycles. The number of benzene rings is 2. The third-order valence-corrected chi connectivity index (χ3v) is 7.12. The number of hydrogen-bond acceptors (Lipinski definition) is 15. The number of rotatable bonds is 7. The van der Waals surface area contributed by atoms with E-state index in [0.717, 1.165) is 12.1 Å². The van der Waals surface area contributed by atoms with Gasteiger partial charge >= 0.3 is 0 Å². The van der Waals surface area contributed by atoms with Gasteiger partial charge < -0.3 is 69.3 Å². The van der Waals surface area contributed by atoms with Crippen LogP contribution in [0.2, 0.25) is 0 Å². The molecule has 42 heavy (non-hydrogen) atoms. The summed E-state index contributed by atoms with van der Waals surface area (Å²) >= 11 is 0. The van der Waals surface area contributed by atoms with E-state index in [1.54, 1.807) is 0 Å². The van der Waals surface area contributed by atoms with Gasteiger partial charge in [0.2, 0.25) is 12.6 Å². The van der Waals surface area contributed by atoms with Crippen LogP contribution < -0.4 is 14.9 Å². The molecule has 15 nitrogen and oxygen atoms in total. The Hall–Kier alpha value is -3.35. The summed E-state index contributed by atoms with van der Waals surface area (Å²) in [4.78, 5) is 12.8. The van der Waals surface area contributed by atoms with Crippen molar-refractivity contribution in [3.8, 4) is 28.6 Å². The van der Waals surface area contributed by atoms with Crippen molar-refractivity contribution < 1.29 is 69.3 Å². The van der Waals surface area contributed by atoms with Gasteiger partial charge in [0.15, 0.2) is 5.43 Å². The van der Waals surface area contributed by atoms with Crippen molar-refractivity contribution in [2.24, 2.45) is 0 Å². The Labute approximate surface area is 236 Å². The Morgan fingerprint density at radius 2 is 1.19 bits per heavy atom. The van der Waals surface area contributed by atoms with Crippen molar-refractivity contribution in [1.29, 1.82) is 0 Å². The fourth-order valence-corrected chi connectivity index (χ4v) is 4.75. The summed E-state index contributed by atoms with van der Waals surface area (Å²) in [5, 5.41) is 89.3. The molecule has 0 spiro atoms. The number of hydrogen-bond donors (Lipinski definition) is 9. The Kier molecular flexibility index (Phi) is 8.68. The maximum atomic E-state index is 12.8. The smallest absolute Gasteiger partial charge is 0.229 e. The highest BCUT2D eigenvalue weighted by molar-refractivity contribution is 5.86. The van der Waals surface area contributed by atoms with Gasteiger partial charge in [0, 0.05) is 23.8 Å². The van der Waals surface area contributed by atoms with E-state index in [9.17, 15) is 50.8 Å². The lowest BCUT2D eigenvalue weighted by Crippen LogP contribution is -2.60. The standard InChI is InChI=1S/C27H30O15/c28-8-17-20(32)22(34)24(36)26(41-17)38-11-3-1-10(2-4-11)15-7-14(31)19-13(30)5-12(6-16(19)40-15)39-27-25(37)23(35)21(33)18(9-29)42-27/h1-7,17-18,20-30,32-37H,8-9H2/t17-,18+,20-,21-,22+,23+,24-,25-,26-,27-/m1/s1. The molecule has 0 unspecified atom stereocenters. The zero-order valence-electron chi connectivity index (χ0n) is 21.7. The van der Waals surface area contributed by atoms with E-state index >= 15 is 0 Å². The molecule has 3 heterocycles. The van der Waals surface area contributed by atoms with Crippen LogP contribution >= 0.6 is 0 Å². The van der Waals surface area contributed by atoms with E-state index in [1.165, 1.54) is 30.3 Å². The van der Waals surface area contributed by atoms with Crippen molar-refractivity contribution in [2.45, 2.75) is 61.4 Å². The first-order valence-corrected chi connectivity index (χ1v) is 12.9. The number of fused-ring (bicyclic) bond motifs is 1. The molecule has 0 radical (unpaired) electrons. The molecule has 228 valence electrons. The van der Waals surface area contributed by atoms with Gasteiger partial charge in [-0.05, 0) is 24.3 Å². The van der Waals surface area contributed by atoms with Crippen LogP contribution in [0, 0.1) is 0 Å². The monoisotopic (exact) mass is 594 g/mol. The minimum atomic E-state index is -1.71. The second-order valence-electron chi connectivity index (χ2n) is 9.95. The van der Waals surface area contributed by atoms with Crippen molar-refractivity contribution in [2.75, 3.05) is 13.2 Å². The van der Waals surface area contributed by atoms with Crippen LogP contribution in [0.4, 0.5) is 0 Å². The molecule has 15 heteroatoms. The van der Waals surface area contributed by atoms with Gasteiger partial charge in [-0.3, -0.25) is 4.79 Å². The first-order valence-electron chi connectivity index (χ1n) is 12.9. The third kappa shape index (κ3) is 5.67. The molecule has 0 bridgehead atoms. The molecule has 2 fully saturated rings. The number of aliphatic hydroxyl groups is 8. The molecule has 2 aliphatic heterocycles. The van der Waals surface area contributed by atoms with Gasteiger partial charge in [0.25, 0.3) is 0 Å². The summed E-state index contributed by atoms with van der Waals surface area (Å²) in [6.07, 6.45) is -15.0. The quantitative estimate of drug-likeness (QED) is 0.137. The van der Waals surface area contributed by atoms with Crippen LogP contribution in [0.25, 0.3) is 22.3 Å². The largest absolute Gasteiger partial charge is 0.507 e. The van der Waals surface area contributed by atoms with Gasteiger partial charge in [-0.15, -0.1) is 0 Å². The number of phenols is 1. The van der Waals surface area contributed by atoms with Crippen LogP contribution in [0.5, 0.6) is 17.2 Å². The van der Waals surface area contributed by atoms with Gasteiger partial charge in [-0.25, -0.2) is 0 Å². The van der Waals surface area contributed by atoms with Crippen LogP contribution in [-0.2, 0) is 9.47 Å². The van der Waals surface area contributed by atoms with Gasteiger partial charge in [-0.2, -0.15) is 0 Å². The van der Waals surface area contributed by atoms with E-state index in [0.29, 0.717) is 5.56 Å². The molecule has 0 amide bonds. The molecular weight excluding hydrogens is 564 g/mol. The third-order valence-electron chi connectivity index (χ3n) is 7.12. The molecular formula is C27H30O15. The van der Waals surface area contributed by atoms with Crippen LogP contribution in [0.1, 0.15) is 0 Å². The second kappa shape index (κ2) is 12.1. The van der Waals surface area contributed by atoms with Crippen LogP contribution in [0.3, 0.4) is 0 Å². The van der Waals surface area contributed by atoms with Crippen LogP contribution in [0.15, 0.2) is 51.7 Å². The van der Waals surface area contributed by atoms with Crippen molar-refractivity contribution in [1.82, 2.24) is 0 Å². The number of phenolic OH excluding ortho intramolecular Hbond substituents is 1. The zero-order valence-corrected chi connectivity index (χ0v) is 21.7. The lowest BCUT2D eigenvalue weighted by molar-refractivity contribution is -0.277. The summed E-state index contributed by atoms with van der Waals surface area (Å²) in [5.41, 5.74) is -0.293. The lowest BCUT2D eigenvalue weighted by atomic mass is 9.99. The normalized spacial score (nSPS) is 33.4. The average Bonchev–Trinajstić information content (AvgIpc) is 2.97. The van der Waals surface area contributed by atoms with E-state index in [4.69, 9.17) is 23.4 Å². The summed E-state index contributed by atoms with van der Waals surface area (Å²) < 4.78 is 27.6. The van der Waals surface area contributed by atoms with Crippen molar-refractivity contribution >= 4 is 11.0 Å². The van der Waals surface area contributed by atoms with Gasteiger partial charge in [-0.1, -0.05) is 0 Å². The Balaban J connectivity index is 1.37. The first kappa shape index (κ1) is 30.1. The van der Waals surface area contributed by atoms with E-state index < -0.39 is 85.8 Å². The highest BCUT2D eigenvalue weighted by atomic mass is 16.7. The van der Waals surface area contributed by atoms with E-state index in [-0.39, 0.29) is 28.2 Å². The Morgan fingerprint density at radius 3 is 1.71 bits per heavy atom. The minimum Gasteiger partial charge on any atom is -0.507 e. The molecule has 0 saturated carbocycles. The highest BCUT2D eigenvalue weighted by Gasteiger charge is 2.45. The number of aliphatic hydroxyl groups excluding tert-OH is 8. The molecule has 3 aromatic rings. The zero-order chi connectivity index (χ0) is 30.3. The molecule has 2 aromatic carbocycles. The fraction of sp³-hybridized carbons (Fsp3) is 0.444. The minimum absolute atomic E-state index is 0.0799. The number of ether oxygens (including phenoxy) is 4.